The lowest BCUT2D eigenvalue weighted by molar-refractivity contribution is -0.115. The molecular weight excluding hydrogens is 208 g/mol. The molecule has 0 spiro atoms. The van der Waals surface area contributed by atoms with Gasteiger partial charge < -0.3 is 4.79 Å². The first kappa shape index (κ1) is 14.7. The molecule has 0 aliphatic carbocycles. The van der Waals surface area contributed by atoms with Gasteiger partial charge in [0, 0.05) is 5.92 Å². The standard InChI is InChI=1S/C16H32O/c1-7-10-15(12(4)8-2)14(6)16(11-17)13(5)9-3/h11-16H,7-10H2,1-6H3/t12?,13-,14+,15+,16-/m0/s1/i11D. The van der Waals surface area contributed by atoms with Crippen LogP contribution in [0, 0.1) is 29.6 Å². The third-order valence-corrected chi connectivity index (χ3v) is 4.63. The van der Waals surface area contributed by atoms with Crippen LogP contribution in [0.3, 0.4) is 0 Å². The van der Waals surface area contributed by atoms with Crippen LogP contribution < -0.4 is 0 Å². The van der Waals surface area contributed by atoms with Gasteiger partial charge in [0.15, 0.2) is 0 Å². The zero-order valence-corrected chi connectivity index (χ0v) is 12.6. The first-order chi connectivity index (χ1) is 8.40. The van der Waals surface area contributed by atoms with Crippen LogP contribution in [-0.2, 0) is 4.79 Å². The molecule has 17 heavy (non-hydrogen) atoms. The topological polar surface area (TPSA) is 17.1 Å². The van der Waals surface area contributed by atoms with Gasteiger partial charge in [-0.1, -0.05) is 67.2 Å². The maximum atomic E-state index is 11.7. The third-order valence-electron chi connectivity index (χ3n) is 4.63. The van der Waals surface area contributed by atoms with Crippen LogP contribution in [0.2, 0.25) is 0 Å². The quantitative estimate of drug-likeness (QED) is 0.522. The third kappa shape index (κ3) is 4.81. The van der Waals surface area contributed by atoms with Crippen molar-refractivity contribution in [1.82, 2.24) is 0 Å². The minimum Gasteiger partial charge on any atom is -0.303 e. The van der Waals surface area contributed by atoms with Crippen molar-refractivity contribution in [2.75, 3.05) is 0 Å². The number of carbonyl (C=O) groups is 1. The highest BCUT2D eigenvalue weighted by Gasteiger charge is 2.30. The van der Waals surface area contributed by atoms with Gasteiger partial charge in [-0.05, 0) is 23.7 Å². The maximum absolute atomic E-state index is 11.7. The van der Waals surface area contributed by atoms with E-state index in [1.165, 1.54) is 12.8 Å². The summed E-state index contributed by atoms with van der Waals surface area (Å²) in [6, 6.07) is 0. The van der Waals surface area contributed by atoms with Crippen molar-refractivity contribution in [2.24, 2.45) is 29.6 Å². The van der Waals surface area contributed by atoms with E-state index in [0.29, 0.717) is 23.7 Å². The van der Waals surface area contributed by atoms with Crippen LogP contribution in [0.4, 0.5) is 0 Å². The first-order valence-electron chi connectivity index (χ1n) is 7.90. The van der Waals surface area contributed by atoms with E-state index in [-0.39, 0.29) is 12.2 Å². The summed E-state index contributed by atoms with van der Waals surface area (Å²) in [5.41, 5.74) is 0. The molecule has 0 aliphatic heterocycles. The lowest BCUT2D eigenvalue weighted by atomic mass is 9.70. The van der Waals surface area contributed by atoms with Crippen LogP contribution in [0.1, 0.15) is 68.6 Å². The van der Waals surface area contributed by atoms with Gasteiger partial charge in [-0.25, -0.2) is 0 Å². The molecule has 0 saturated heterocycles. The summed E-state index contributed by atoms with van der Waals surface area (Å²) in [6.07, 6.45) is 4.13. The average molecular weight is 241 g/mol. The molecule has 0 rings (SSSR count). The summed E-state index contributed by atoms with van der Waals surface area (Å²) in [6.45, 7) is 13.1. The predicted molar refractivity (Wildman–Crippen MR) is 76.0 cm³/mol. The second-order valence-electron chi connectivity index (χ2n) is 5.73. The molecule has 0 amide bonds. The Morgan fingerprint density at radius 2 is 1.59 bits per heavy atom. The average Bonchev–Trinajstić information content (AvgIpc) is 2.34. The van der Waals surface area contributed by atoms with Crippen LogP contribution in [-0.4, -0.2) is 6.26 Å². The van der Waals surface area contributed by atoms with Gasteiger partial charge in [0.1, 0.15) is 7.63 Å². The van der Waals surface area contributed by atoms with Crippen molar-refractivity contribution < 1.29 is 6.17 Å². The number of hydrogen-bond acceptors (Lipinski definition) is 1. The van der Waals surface area contributed by atoms with E-state index < -0.39 is 0 Å². The Kier molecular flexibility index (Phi) is 7.55. The Morgan fingerprint density at radius 3 is 1.94 bits per heavy atom. The Bertz CT molecular complexity index is 239. The Balaban J connectivity index is 4.99. The van der Waals surface area contributed by atoms with Gasteiger partial charge >= 0.3 is 0 Å². The molecule has 0 fully saturated rings. The highest BCUT2D eigenvalue weighted by molar-refractivity contribution is 5.54. The molecular formula is C16H32O. The van der Waals surface area contributed by atoms with Crippen LogP contribution in [0.25, 0.3) is 0 Å². The monoisotopic (exact) mass is 241 g/mol. The highest BCUT2D eigenvalue weighted by Crippen LogP contribution is 2.35. The number of carbonyl (C=O) groups excluding carboxylic acids is 1. The zero-order valence-electron chi connectivity index (χ0n) is 13.6. The van der Waals surface area contributed by atoms with Crippen molar-refractivity contribution in [2.45, 2.75) is 67.2 Å². The molecule has 0 bridgehead atoms. The van der Waals surface area contributed by atoms with E-state index in [9.17, 15) is 4.79 Å². The molecule has 0 saturated carbocycles. The Morgan fingerprint density at radius 1 is 1.06 bits per heavy atom. The van der Waals surface area contributed by atoms with Gasteiger partial charge in [-0.15, -0.1) is 0 Å². The van der Waals surface area contributed by atoms with Gasteiger partial charge in [-0.2, -0.15) is 0 Å². The molecule has 0 N–H and O–H groups in total. The van der Waals surface area contributed by atoms with E-state index in [0.717, 1.165) is 12.8 Å². The zero-order chi connectivity index (χ0) is 14.3. The molecule has 0 aromatic rings. The lowest BCUT2D eigenvalue weighted by Gasteiger charge is -2.34. The molecule has 0 radical (unpaired) electrons. The maximum Gasteiger partial charge on any atom is 0.123 e. The number of rotatable bonds is 9. The molecule has 0 heterocycles. The van der Waals surface area contributed by atoms with Gasteiger partial charge in [0.25, 0.3) is 0 Å². The Labute approximate surface area is 110 Å². The smallest absolute Gasteiger partial charge is 0.123 e. The van der Waals surface area contributed by atoms with Crippen molar-refractivity contribution in [3.63, 3.8) is 0 Å². The van der Waals surface area contributed by atoms with Gasteiger partial charge in [0.05, 0.1) is 0 Å². The molecule has 102 valence electrons. The first-order valence-corrected chi connectivity index (χ1v) is 7.40. The second-order valence-corrected chi connectivity index (χ2v) is 5.73. The van der Waals surface area contributed by atoms with E-state index in [1.807, 2.05) is 0 Å². The minimum absolute atomic E-state index is 0.0828. The van der Waals surface area contributed by atoms with E-state index >= 15 is 0 Å². The number of hydrogen-bond donors (Lipinski definition) is 0. The lowest BCUT2D eigenvalue weighted by Crippen LogP contribution is -2.30. The van der Waals surface area contributed by atoms with Crippen molar-refractivity contribution in [1.29, 1.82) is 0 Å². The predicted octanol–water partition coefficient (Wildman–Crippen LogP) is 4.95. The minimum atomic E-state index is -0.360. The van der Waals surface area contributed by atoms with Crippen molar-refractivity contribution in [3.05, 3.63) is 0 Å². The van der Waals surface area contributed by atoms with Crippen molar-refractivity contribution in [3.8, 4) is 0 Å². The van der Waals surface area contributed by atoms with Crippen LogP contribution in [0.5, 0.6) is 0 Å². The molecule has 0 aromatic carbocycles. The fraction of sp³-hybridized carbons (Fsp3) is 0.938. The molecule has 1 nitrogen and oxygen atoms in total. The Hall–Kier alpha value is -0.330. The summed E-state index contributed by atoms with van der Waals surface area (Å²) < 4.78 is 7.58. The summed E-state index contributed by atoms with van der Waals surface area (Å²) in [5.74, 6) is 1.80. The van der Waals surface area contributed by atoms with E-state index in [2.05, 4.69) is 41.5 Å². The van der Waals surface area contributed by atoms with Gasteiger partial charge in [-0.3, -0.25) is 0 Å². The fourth-order valence-corrected chi connectivity index (χ4v) is 2.96. The summed E-state index contributed by atoms with van der Waals surface area (Å²) in [4.78, 5) is 11.7. The van der Waals surface area contributed by atoms with Crippen LogP contribution in [0.15, 0.2) is 0 Å². The summed E-state index contributed by atoms with van der Waals surface area (Å²) in [5, 5.41) is 0. The summed E-state index contributed by atoms with van der Waals surface area (Å²) in [7, 11) is 0. The van der Waals surface area contributed by atoms with Crippen molar-refractivity contribution >= 4 is 6.26 Å². The largest absolute Gasteiger partial charge is 0.303 e. The normalized spacial score (nSPS) is 21.2. The SMILES string of the molecule is [2H]C(=O)[C@H]([C@H](C)[C@H](CCC)C(C)CC)[C@@H](C)CC. The second kappa shape index (κ2) is 8.72. The number of aldehydes is 1. The van der Waals surface area contributed by atoms with Crippen LogP contribution >= 0.6 is 0 Å². The molecule has 1 heteroatoms. The van der Waals surface area contributed by atoms with Gasteiger partial charge in [0.2, 0.25) is 0 Å². The fourth-order valence-electron chi connectivity index (χ4n) is 2.96. The molecule has 0 aliphatic rings. The molecule has 1 unspecified atom stereocenters. The molecule has 0 aromatic heterocycles. The molecule has 5 atom stereocenters. The van der Waals surface area contributed by atoms with E-state index in [1.54, 1.807) is 0 Å². The van der Waals surface area contributed by atoms with E-state index in [4.69, 9.17) is 1.37 Å². The highest BCUT2D eigenvalue weighted by atomic mass is 16.1. The summed E-state index contributed by atoms with van der Waals surface area (Å²) >= 11 is 0.